The largest absolute Gasteiger partial charge is 0.481 e. The van der Waals surface area contributed by atoms with E-state index < -0.39 is 11.4 Å². The van der Waals surface area contributed by atoms with Gasteiger partial charge in [0.2, 0.25) is 0 Å². The number of carboxylic acid groups (broad SMARTS) is 1. The Morgan fingerprint density at radius 3 is 2.16 bits per heavy atom. The highest BCUT2D eigenvalue weighted by molar-refractivity contribution is 5.94. The van der Waals surface area contributed by atoms with Gasteiger partial charge in [0.25, 0.3) is 5.91 Å². The van der Waals surface area contributed by atoms with E-state index in [0.717, 1.165) is 11.1 Å². The summed E-state index contributed by atoms with van der Waals surface area (Å²) < 4.78 is 0. The molecule has 25 heavy (non-hydrogen) atoms. The molecule has 0 bridgehead atoms. The molecule has 2 aromatic carbocycles. The summed E-state index contributed by atoms with van der Waals surface area (Å²) in [5, 5.41) is 9.82. The number of carbonyl (C=O) groups is 2. The van der Waals surface area contributed by atoms with Crippen molar-refractivity contribution in [1.82, 2.24) is 4.90 Å². The van der Waals surface area contributed by atoms with Gasteiger partial charge in [-0.15, -0.1) is 0 Å². The molecule has 1 aliphatic heterocycles. The Bertz CT molecular complexity index is 744. The van der Waals surface area contributed by atoms with Crippen molar-refractivity contribution in [3.63, 3.8) is 0 Å². The summed E-state index contributed by atoms with van der Waals surface area (Å²) >= 11 is 0. The Kier molecular flexibility index (Phi) is 4.88. The zero-order chi connectivity index (χ0) is 17.9. The zero-order valence-electron chi connectivity index (χ0n) is 14.4. The Labute approximate surface area is 148 Å². The minimum absolute atomic E-state index is 0.0151. The van der Waals surface area contributed by atoms with E-state index in [1.54, 1.807) is 4.90 Å². The average molecular weight is 337 g/mol. The van der Waals surface area contributed by atoms with Crippen molar-refractivity contribution in [2.75, 3.05) is 13.1 Å². The van der Waals surface area contributed by atoms with Crippen molar-refractivity contribution in [1.29, 1.82) is 0 Å². The van der Waals surface area contributed by atoms with Crippen LogP contribution in [-0.2, 0) is 11.2 Å². The number of hydrogen-bond acceptors (Lipinski definition) is 2. The molecule has 130 valence electrons. The second-order valence-corrected chi connectivity index (χ2v) is 6.91. The Morgan fingerprint density at radius 2 is 1.60 bits per heavy atom. The van der Waals surface area contributed by atoms with Crippen LogP contribution in [0, 0.1) is 12.3 Å². The Hall–Kier alpha value is -2.62. The molecule has 1 fully saturated rings. The number of aliphatic carboxylic acids is 1. The predicted molar refractivity (Wildman–Crippen MR) is 96.5 cm³/mol. The molecule has 1 saturated heterocycles. The van der Waals surface area contributed by atoms with Crippen molar-refractivity contribution in [2.24, 2.45) is 5.41 Å². The first-order valence-corrected chi connectivity index (χ1v) is 8.63. The van der Waals surface area contributed by atoms with E-state index >= 15 is 0 Å². The molecule has 0 unspecified atom stereocenters. The van der Waals surface area contributed by atoms with Gasteiger partial charge in [-0.2, -0.15) is 0 Å². The minimum Gasteiger partial charge on any atom is -0.481 e. The topological polar surface area (TPSA) is 57.6 Å². The van der Waals surface area contributed by atoms with Gasteiger partial charge in [-0.1, -0.05) is 48.0 Å². The lowest BCUT2D eigenvalue weighted by Crippen LogP contribution is -2.47. The van der Waals surface area contributed by atoms with Gasteiger partial charge in [0.05, 0.1) is 5.41 Å². The summed E-state index contributed by atoms with van der Waals surface area (Å²) in [5.41, 5.74) is 2.02. The molecular weight excluding hydrogens is 314 g/mol. The van der Waals surface area contributed by atoms with Crippen LogP contribution in [0.5, 0.6) is 0 Å². The number of nitrogens with zero attached hydrogens (tertiary/aromatic N) is 1. The maximum atomic E-state index is 12.6. The van der Waals surface area contributed by atoms with Gasteiger partial charge >= 0.3 is 5.97 Å². The molecule has 3 rings (SSSR count). The molecular formula is C21H23NO3. The van der Waals surface area contributed by atoms with E-state index in [0.29, 0.717) is 37.9 Å². The first-order chi connectivity index (χ1) is 12.0. The second-order valence-electron chi connectivity index (χ2n) is 6.91. The maximum Gasteiger partial charge on any atom is 0.310 e. The van der Waals surface area contributed by atoms with Crippen molar-refractivity contribution in [3.05, 3.63) is 71.3 Å². The van der Waals surface area contributed by atoms with Gasteiger partial charge in [-0.05, 0) is 43.9 Å². The van der Waals surface area contributed by atoms with Crippen LogP contribution in [-0.4, -0.2) is 35.0 Å². The molecule has 0 radical (unpaired) electrons. The fourth-order valence-corrected chi connectivity index (χ4v) is 3.47. The van der Waals surface area contributed by atoms with E-state index in [2.05, 4.69) is 0 Å². The third-order valence-corrected chi connectivity index (χ3v) is 5.15. The summed E-state index contributed by atoms with van der Waals surface area (Å²) in [4.78, 5) is 26.4. The standard InChI is InChI=1S/C21H23NO3/c1-16-7-9-18(10-8-16)19(23)22-13-11-21(12-14-22,20(24)25)15-17-5-3-2-4-6-17/h2-10H,11-15H2,1H3,(H,24,25). The molecule has 0 spiro atoms. The first-order valence-electron chi connectivity index (χ1n) is 8.63. The Balaban J connectivity index is 1.70. The molecule has 4 heteroatoms. The fourth-order valence-electron chi connectivity index (χ4n) is 3.47. The number of piperidine rings is 1. The van der Waals surface area contributed by atoms with Crippen molar-refractivity contribution < 1.29 is 14.7 Å². The lowest BCUT2D eigenvalue weighted by Gasteiger charge is -2.39. The number of rotatable bonds is 4. The number of benzene rings is 2. The minimum atomic E-state index is -0.786. The quantitative estimate of drug-likeness (QED) is 0.928. The van der Waals surface area contributed by atoms with E-state index in [9.17, 15) is 14.7 Å². The highest BCUT2D eigenvalue weighted by Crippen LogP contribution is 2.36. The van der Waals surface area contributed by atoms with Crippen LogP contribution in [0.2, 0.25) is 0 Å². The number of hydrogen-bond donors (Lipinski definition) is 1. The van der Waals surface area contributed by atoms with Crippen LogP contribution in [0.25, 0.3) is 0 Å². The molecule has 1 aliphatic rings. The lowest BCUT2D eigenvalue weighted by molar-refractivity contribution is -0.151. The number of carbonyl (C=O) groups excluding carboxylic acids is 1. The van der Waals surface area contributed by atoms with Crippen LogP contribution in [0.3, 0.4) is 0 Å². The summed E-state index contributed by atoms with van der Waals surface area (Å²) in [6.45, 7) is 2.94. The van der Waals surface area contributed by atoms with E-state index in [4.69, 9.17) is 0 Å². The first kappa shape index (κ1) is 17.2. The molecule has 1 N–H and O–H groups in total. The summed E-state index contributed by atoms with van der Waals surface area (Å²) in [7, 11) is 0. The van der Waals surface area contributed by atoms with Crippen molar-refractivity contribution in [2.45, 2.75) is 26.2 Å². The van der Waals surface area contributed by atoms with Gasteiger partial charge in [0, 0.05) is 18.7 Å². The third kappa shape index (κ3) is 3.73. The molecule has 0 atom stereocenters. The van der Waals surface area contributed by atoms with Gasteiger partial charge < -0.3 is 10.0 Å². The summed E-state index contributed by atoms with van der Waals surface area (Å²) in [5.74, 6) is -0.780. The zero-order valence-corrected chi connectivity index (χ0v) is 14.4. The molecule has 1 amide bonds. The van der Waals surface area contributed by atoms with Gasteiger partial charge in [-0.3, -0.25) is 9.59 Å². The lowest BCUT2D eigenvalue weighted by atomic mass is 9.73. The SMILES string of the molecule is Cc1ccc(C(=O)N2CCC(Cc3ccccc3)(C(=O)O)CC2)cc1. The van der Waals surface area contributed by atoms with Crippen LogP contribution in [0.4, 0.5) is 0 Å². The van der Waals surface area contributed by atoms with Crippen LogP contribution in [0.15, 0.2) is 54.6 Å². The smallest absolute Gasteiger partial charge is 0.310 e. The third-order valence-electron chi connectivity index (χ3n) is 5.15. The number of likely N-dealkylation sites (tertiary alicyclic amines) is 1. The van der Waals surface area contributed by atoms with Gasteiger partial charge in [0.1, 0.15) is 0 Å². The van der Waals surface area contributed by atoms with Gasteiger partial charge in [-0.25, -0.2) is 0 Å². The van der Waals surface area contributed by atoms with Gasteiger partial charge in [0.15, 0.2) is 0 Å². The second kappa shape index (κ2) is 7.09. The van der Waals surface area contributed by atoms with Crippen molar-refractivity contribution >= 4 is 11.9 Å². The monoisotopic (exact) mass is 337 g/mol. The van der Waals surface area contributed by atoms with E-state index in [1.807, 2.05) is 61.5 Å². The normalized spacial score (nSPS) is 16.4. The average Bonchev–Trinajstić information content (AvgIpc) is 2.63. The molecule has 0 saturated carbocycles. The fraction of sp³-hybridized carbons (Fsp3) is 0.333. The molecule has 1 heterocycles. The maximum absolute atomic E-state index is 12.6. The highest BCUT2D eigenvalue weighted by Gasteiger charge is 2.42. The van der Waals surface area contributed by atoms with Crippen molar-refractivity contribution in [3.8, 4) is 0 Å². The molecule has 0 aliphatic carbocycles. The van der Waals surface area contributed by atoms with Crippen LogP contribution < -0.4 is 0 Å². The molecule has 4 nitrogen and oxygen atoms in total. The predicted octanol–water partition coefficient (Wildman–Crippen LogP) is 3.54. The molecule has 2 aromatic rings. The van der Waals surface area contributed by atoms with Crippen LogP contribution in [0.1, 0.15) is 34.3 Å². The molecule has 0 aromatic heterocycles. The summed E-state index contributed by atoms with van der Waals surface area (Å²) in [6.07, 6.45) is 1.47. The van der Waals surface area contributed by atoms with E-state index in [-0.39, 0.29) is 5.91 Å². The number of aryl methyl sites for hydroxylation is 1. The summed E-state index contributed by atoms with van der Waals surface area (Å²) in [6, 6.07) is 17.2. The highest BCUT2D eigenvalue weighted by atomic mass is 16.4. The van der Waals surface area contributed by atoms with Crippen LogP contribution >= 0.6 is 0 Å². The Morgan fingerprint density at radius 1 is 1.00 bits per heavy atom. The number of carboxylic acids is 1. The number of amides is 1. The van der Waals surface area contributed by atoms with E-state index in [1.165, 1.54) is 0 Å².